The third kappa shape index (κ3) is 4.95. The summed E-state index contributed by atoms with van der Waals surface area (Å²) in [6.45, 7) is 5.13. The Morgan fingerprint density at radius 2 is 1.91 bits per heavy atom. The van der Waals surface area contributed by atoms with Crippen LogP contribution in [-0.4, -0.2) is 42.9 Å². The maximum Gasteiger partial charge on any atom is 0.411 e. The summed E-state index contributed by atoms with van der Waals surface area (Å²) in [5.41, 5.74) is 1.12. The number of aldehydes is 1. The lowest BCUT2D eigenvalue weighted by atomic mass is 9.98. The second-order valence-corrected chi connectivity index (χ2v) is 5.44. The number of carbonyl (C=O) groups is 3. The molecule has 1 N–H and O–H groups in total. The number of ether oxygens (including phenoxy) is 1. The summed E-state index contributed by atoms with van der Waals surface area (Å²) in [6, 6.07) is 6.53. The predicted molar refractivity (Wildman–Crippen MR) is 86.3 cm³/mol. The SMILES string of the molecule is C=CC(=O)N1CCC(COC(=O)Nc2ccc(C=O)cc2)CC1. The Hall–Kier alpha value is -2.63. The van der Waals surface area contributed by atoms with Gasteiger partial charge in [-0.1, -0.05) is 6.58 Å². The van der Waals surface area contributed by atoms with Gasteiger partial charge in [-0.05, 0) is 49.1 Å². The highest BCUT2D eigenvalue weighted by Gasteiger charge is 2.22. The standard InChI is InChI=1S/C17H20N2O4/c1-2-16(21)19-9-7-14(8-10-19)12-23-17(22)18-15-5-3-13(11-20)4-6-15/h2-6,11,14H,1,7-10,12H2,(H,18,22). The molecule has 1 aromatic carbocycles. The van der Waals surface area contributed by atoms with Crippen molar-refractivity contribution >= 4 is 24.0 Å². The van der Waals surface area contributed by atoms with E-state index in [4.69, 9.17) is 4.74 Å². The molecule has 0 bridgehead atoms. The lowest BCUT2D eigenvalue weighted by Crippen LogP contribution is -2.38. The van der Waals surface area contributed by atoms with Crippen molar-refractivity contribution in [3.8, 4) is 0 Å². The highest BCUT2D eigenvalue weighted by Crippen LogP contribution is 2.18. The normalized spacial score (nSPS) is 14.9. The van der Waals surface area contributed by atoms with Crippen LogP contribution in [0.2, 0.25) is 0 Å². The molecular formula is C17H20N2O4. The average molecular weight is 316 g/mol. The zero-order valence-electron chi connectivity index (χ0n) is 12.9. The number of rotatable bonds is 5. The Kier molecular flexibility index (Phi) is 5.91. The van der Waals surface area contributed by atoms with Crippen molar-refractivity contribution in [1.29, 1.82) is 0 Å². The molecule has 0 spiro atoms. The lowest BCUT2D eigenvalue weighted by Gasteiger charge is -2.30. The maximum absolute atomic E-state index is 11.7. The molecular weight excluding hydrogens is 296 g/mol. The first-order valence-electron chi connectivity index (χ1n) is 7.52. The third-order valence-electron chi connectivity index (χ3n) is 3.84. The number of amides is 2. The van der Waals surface area contributed by atoms with E-state index in [0.717, 1.165) is 19.1 Å². The topological polar surface area (TPSA) is 75.7 Å². The molecule has 0 atom stereocenters. The summed E-state index contributed by atoms with van der Waals surface area (Å²) in [5.74, 6) is 0.202. The molecule has 1 aliphatic heterocycles. The van der Waals surface area contributed by atoms with Gasteiger partial charge >= 0.3 is 6.09 Å². The number of hydrogen-bond donors (Lipinski definition) is 1. The van der Waals surface area contributed by atoms with Crippen LogP contribution in [0.3, 0.4) is 0 Å². The van der Waals surface area contributed by atoms with Crippen molar-refractivity contribution in [2.75, 3.05) is 25.0 Å². The molecule has 1 fully saturated rings. The molecule has 6 heteroatoms. The van der Waals surface area contributed by atoms with Gasteiger partial charge in [0.1, 0.15) is 6.29 Å². The smallest absolute Gasteiger partial charge is 0.411 e. The fraction of sp³-hybridized carbons (Fsp3) is 0.353. The van der Waals surface area contributed by atoms with Gasteiger partial charge in [0.2, 0.25) is 5.91 Å². The second-order valence-electron chi connectivity index (χ2n) is 5.44. The van der Waals surface area contributed by atoms with Crippen LogP contribution in [0.1, 0.15) is 23.2 Å². The molecule has 122 valence electrons. The van der Waals surface area contributed by atoms with Gasteiger partial charge in [-0.25, -0.2) is 4.79 Å². The molecule has 1 heterocycles. The first-order valence-corrected chi connectivity index (χ1v) is 7.52. The van der Waals surface area contributed by atoms with Gasteiger partial charge in [-0.2, -0.15) is 0 Å². The summed E-state index contributed by atoms with van der Waals surface area (Å²) in [7, 11) is 0. The van der Waals surface area contributed by atoms with Crippen LogP contribution >= 0.6 is 0 Å². The Labute approximate surface area is 135 Å². The Morgan fingerprint density at radius 1 is 1.26 bits per heavy atom. The molecule has 0 aromatic heterocycles. The van der Waals surface area contributed by atoms with Crippen molar-refractivity contribution in [2.45, 2.75) is 12.8 Å². The Morgan fingerprint density at radius 3 is 2.48 bits per heavy atom. The molecule has 2 amide bonds. The molecule has 0 unspecified atom stereocenters. The molecule has 6 nitrogen and oxygen atoms in total. The second kappa shape index (κ2) is 8.12. The summed E-state index contributed by atoms with van der Waals surface area (Å²) < 4.78 is 5.22. The Balaban J connectivity index is 1.71. The number of benzene rings is 1. The molecule has 1 saturated heterocycles. The molecule has 1 aliphatic rings. The molecule has 23 heavy (non-hydrogen) atoms. The van der Waals surface area contributed by atoms with Crippen LogP contribution in [-0.2, 0) is 9.53 Å². The minimum absolute atomic E-state index is 0.0547. The van der Waals surface area contributed by atoms with Crippen molar-refractivity contribution in [1.82, 2.24) is 4.90 Å². The van der Waals surface area contributed by atoms with E-state index in [2.05, 4.69) is 11.9 Å². The number of carbonyl (C=O) groups excluding carboxylic acids is 3. The molecule has 2 rings (SSSR count). The quantitative estimate of drug-likeness (QED) is 0.669. The van der Waals surface area contributed by atoms with Crippen LogP contribution < -0.4 is 5.32 Å². The van der Waals surface area contributed by atoms with Gasteiger partial charge in [-0.3, -0.25) is 14.9 Å². The molecule has 0 aliphatic carbocycles. The lowest BCUT2D eigenvalue weighted by molar-refractivity contribution is -0.127. The van der Waals surface area contributed by atoms with E-state index in [-0.39, 0.29) is 11.8 Å². The fourth-order valence-electron chi connectivity index (χ4n) is 2.44. The monoisotopic (exact) mass is 316 g/mol. The van der Waals surface area contributed by atoms with Gasteiger partial charge in [0.05, 0.1) is 6.61 Å². The van der Waals surface area contributed by atoms with Gasteiger partial charge in [0.25, 0.3) is 0 Å². The summed E-state index contributed by atoms with van der Waals surface area (Å²) >= 11 is 0. The van der Waals surface area contributed by atoms with Crippen LogP contribution in [0.5, 0.6) is 0 Å². The average Bonchev–Trinajstić information content (AvgIpc) is 2.60. The van der Waals surface area contributed by atoms with E-state index in [1.165, 1.54) is 6.08 Å². The number of piperidine rings is 1. The first kappa shape index (κ1) is 16.7. The minimum Gasteiger partial charge on any atom is -0.449 e. The molecule has 1 aromatic rings. The number of nitrogens with zero attached hydrogens (tertiary/aromatic N) is 1. The molecule has 0 radical (unpaired) electrons. The maximum atomic E-state index is 11.7. The van der Waals surface area contributed by atoms with E-state index in [1.807, 2.05) is 0 Å². The van der Waals surface area contributed by atoms with Crippen LogP contribution in [0.25, 0.3) is 0 Å². The zero-order valence-corrected chi connectivity index (χ0v) is 12.9. The van der Waals surface area contributed by atoms with Gasteiger partial charge in [0.15, 0.2) is 0 Å². The number of anilines is 1. The van der Waals surface area contributed by atoms with E-state index in [0.29, 0.717) is 30.9 Å². The van der Waals surface area contributed by atoms with Crippen molar-refractivity contribution in [3.05, 3.63) is 42.5 Å². The number of nitrogens with one attached hydrogen (secondary N) is 1. The van der Waals surface area contributed by atoms with Gasteiger partial charge in [0, 0.05) is 24.3 Å². The van der Waals surface area contributed by atoms with E-state index in [9.17, 15) is 14.4 Å². The van der Waals surface area contributed by atoms with Gasteiger partial charge < -0.3 is 9.64 Å². The van der Waals surface area contributed by atoms with E-state index in [1.54, 1.807) is 29.2 Å². The predicted octanol–water partition coefficient (Wildman–Crippen LogP) is 2.47. The Bertz CT molecular complexity index is 575. The first-order chi connectivity index (χ1) is 11.1. The number of hydrogen-bond acceptors (Lipinski definition) is 4. The van der Waals surface area contributed by atoms with Gasteiger partial charge in [-0.15, -0.1) is 0 Å². The minimum atomic E-state index is -0.520. The summed E-state index contributed by atoms with van der Waals surface area (Å²) in [4.78, 5) is 35.5. The van der Waals surface area contributed by atoms with Crippen molar-refractivity contribution in [3.63, 3.8) is 0 Å². The highest BCUT2D eigenvalue weighted by atomic mass is 16.5. The molecule has 0 saturated carbocycles. The largest absolute Gasteiger partial charge is 0.449 e. The van der Waals surface area contributed by atoms with Crippen LogP contribution in [0, 0.1) is 5.92 Å². The van der Waals surface area contributed by atoms with E-state index >= 15 is 0 Å². The van der Waals surface area contributed by atoms with Crippen molar-refractivity contribution < 1.29 is 19.1 Å². The van der Waals surface area contributed by atoms with Crippen LogP contribution in [0.15, 0.2) is 36.9 Å². The van der Waals surface area contributed by atoms with Crippen LogP contribution in [0.4, 0.5) is 10.5 Å². The van der Waals surface area contributed by atoms with E-state index < -0.39 is 6.09 Å². The van der Waals surface area contributed by atoms with Crippen molar-refractivity contribution in [2.24, 2.45) is 5.92 Å². The highest BCUT2D eigenvalue weighted by molar-refractivity contribution is 5.87. The fourth-order valence-corrected chi connectivity index (χ4v) is 2.44. The number of likely N-dealkylation sites (tertiary alicyclic amines) is 1. The zero-order chi connectivity index (χ0) is 16.7. The summed E-state index contributed by atoms with van der Waals surface area (Å²) in [6.07, 6.45) is 3.15. The summed E-state index contributed by atoms with van der Waals surface area (Å²) in [5, 5.41) is 2.61. The third-order valence-corrected chi connectivity index (χ3v) is 3.84.